The van der Waals surface area contributed by atoms with Gasteiger partial charge in [0.1, 0.15) is 0 Å². The van der Waals surface area contributed by atoms with Gasteiger partial charge in [0.25, 0.3) is 0 Å². The number of urea groups is 1. The van der Waals surface area contributed by atoms with Gasteiger partial charge in [-0.2, -0.15) is 0 Å². The molecule has 1 aromatic heterocycles. The first-order valence-corrected chi connectivity index (χ1v) is 7.29. The number of carbonyl (C=O) groups is 1. The van der Waals surface area contributed by atoms with Gasteiger partial charge in [-0.25, -0.2) is 9.78 Å². The monoisotopic (exact) mass is 278 g/mol. The largest absolute Gasteiger partial charge is 0.384 e. The van der Waals surface area contributed by atoms with Gasteiger partial charge >= 0.3 is 6.03 Å². The van der Waals surface area contributed by atoms with Gasteiger partial charge in [0.15, 0.2) is 0 Å². The van der Waals surface area contributed by atoms with E-state index in [1.165, 1.54) is 0 Å². The Morgan fingerprint density at radius 3 is 2.90 bits per heavy atom. The minimum absolute atomic E-state index is 0.165. The molecule has 6 nitrogen and oxygen atoms in total. The lowest BCUT2D eigenvalue weighted by Crippen LogP contribution is -2.43. The number of methoxy groups -OCH3 is 1. The number of nitrogens with zero attached hydrogens (tertiary/aromatic N) is 4. The minimum atomic E-state index is 0.165. The summed E-state index contributed by atoms with van der Waals surface area (Å²) in [4.78, 5) is 20.7. The van der Waals surface area contributed by atoms with Crippen LogP contribution in [-0.2, 0) is 17.8 Å². The Kier molecular flexibility index (Phi) is 3.91. The van der Waals surface area contributed by atoms with E-state index in [0.29, 0.717) is 19.1 Å². The number of aromatic nitrogens is 2. The summed E-state index contributed by atoms with van der Waals surface area (Å²) in [5.41, 5.74) is 1.11. The second-order valence-electron chi connectivity index (χ2n) is 5.72. The van der Waals surface area contributed by atoms with E-state index in [2.05, 4.69) is 9.55 Å². The van der Waals surface area contributed by atoms with Gasteiger partial charge in [-0.1, -0.05) is 0 Å². The van der Waals surface area contributed by atoms with E-state index in [1.54, 1.807) is 7.11 Å². The zero-order valence-corrected chi connectivity index (χ0v) is 12.0. The van der Waals surface area contributed by atoms with Gasteiger partial charge in [-0.3, -0.25) is 0 Å². The fraction of sp³-hybridized carbons (Fsp3) is 0.714. The molecule has 0 spiro atoms. The highest BCUT2D eigenvalue weighted by atomic mass is 16.5. The summed E-state index contributed by atoms with van der Waals surface area (Å²) in [6.45, 7) is 4.72. The molecule has 1 atom stereocenters. The molecule has 0 bridgehead atoms. The Balaban J connectivity index is 1.77. The van der Waals surface area contributed by atoms with E-state index in [1.807, 2.05) is 22.3 Å². The van der Waals surface area contributed by atoms with Crippen LogP contribution >= 0.6 is 0 Å². The third-order valence-electron chi connectivity index (χ3n) is 4.13. The second kappa shape index (κ2) is 5.83. The molecule has 3 heterocycles. The SMILES string of the molecule is COC[C@H]1CN(C(=O)N2CCCC2)Cc2cncn2C1. The van der Waals surface area contributed by atoms with E-state index < -0.39 is 0 Å². The van der Waals surface area contributed by atoms with E-state index in [9.17, 15) is 4.79 Å². The van der Waals surface area contributed by atoms with Crippen LogP contribution < -0.4 is 0 Å². The van der Waals surface area contributed by atoms with Crippen molar-refractivity contribution >= 4 is 6.03 Å². The van der Waals surface area contributed by atoms with Crippen molar-refractivity contribution < 1.29 is 9.53 Å². The average molecular weight is 278 g/mol. The maximum atomic E-state index is 12.6. The summed E-state index contributed by atoms with van der Waals surface area (Å²) in [7, 11) is 1.71. The fourth-order valence-corrected chi connectivity index (χ4v) is 3.15. The Labute approximate surface area is 119 Å². The van der Waals surface area contributed by atoms with Gasteiger partial charge in [0.05, 0.1) is 25.2 Å². The van der Waals surface area contributed by atoms with E-state index in [-0.39, 0.29) is 6.03 Å². The van der Waals surface area contributed by atoms with Crippen LogP contribution in [0.2, 0.25) is 0 Å². The van der Waals surface area contributed by atoms with Crippen LogP contribution in [0.4, 0.5) is 4.79 Å². The molecule has 20 heavy (non-hydrogen) atoms. The molecule has 2 amide bonds. The molecule has 1 fully saturated rings. The number of rotatable bonds is 2. The first-order valence-electron chi connectivity index (χ1n) is 7.29. The van der Waals surface area contributed by atoms with E-state index in [4.69, 9.17) is 4.74 Å². The molecule has 0 radical (unpaired) electrons. The molecule has 6 heteroatoms. The third kappa shape index (κ3) is 2.65. The first-order chi connectivity index (χ1) is 9.78. The van der Waals surface area contributed by atoms with Crippen molar-refractivity contribution in [3.63, 3.8) is 0 Å². The summed E-state index contributed by atoms with van der Waals surface area (Å²) < 4.78 is 7.44. The van der Waals surface area contributed by atoms with Crippen molar-refractivity contribution in [2.45, 2.75) is 25.9 Å². The number of amides is 2. The zero-order chi connectivity index (χ0) is 13.9. The number of hydrogen-bond donors (Lipinski definition) is 0. The van der Waals surface area contributed by atoms with Crippen LogP contribution in [0.15, 0.2) is 12.5 Å². The van der Waals surface area contributed by atoms with Crippen LogP contribution in [0.25, 0.3) is 0 Å². The minimum Gasteiger partial charge on any atom is -0.384 e. The highest BCUT2D eigenvalue weighted by Gasteiger charge is 2.29. The second-order valence-corrected chi connectivity index (χ2v) is 5.72. The first kappa shape index (κ1) is 13.4. The number of ether oxygens (including phenoxy) is 1. The lowest BCUT2D eigenvalue weighted by molar-refractivity contribution is 0.113. The molecule has 3 rings (SSSR count). The Morgan fingerprint density at radius 1 is 1.35 bits per heavy atom. The fourth-order valence-electron chi connectivity index (χ4n) is 3.15. The molecule has 2 aliphatic heterocycles. The summed E-state index contributed by atoms with van der Waals surface area (Å²) in [5, 5.41) is 0. The quantitative estimate of drug-likeness (QED) is 0.816. The third-order valence-corrected chi connectivity index (χ3v) is 4.13. The van der Waals surface area contributed by atoms with Crippen LogP contribution in [0.1, 0.15) is 18.5 Å². The molecule has 1 aromatic rings. The molecule has 110 valence electrons. The number of carbonyl (C=O) groups excluding carboxylic acids is 1. The number of hydrogen-bond acceptors (Lipinski definition) is 3. The average Bonchev–Trinajstić information content (AvgIpc) is 3.07. The van der Waals surface area contributed by atoms with Gasteiger partial charge < -0.3 is 19.1 Å². The number of likely N-dealkylation sites (tertiary alicyclic amines) is 1. The topological polar surface area (TPSA) is 50.6 Å². The molecule has 0 saturated carbocycles. The van der Waals surface area contributed by atoms with Gasteiger partial charge in [0, 0.05) is 45.4 Å². The predicted molar refractivity (Wildman–Crippen MR) is 74.2 cm³/mol. The lowest BCUT2D eigenvalue weighted by Gasteiger charge is -2.28. The number of imidazole rings is 1. The van der Waals surface area contributed by atoms with Crippen molar-refractivity contribution in [3.05, 3.63) is 18.2 Å². The highest BCUT2D eigenvalue weighted by Crippen LogP contribution is 2.19. The Hall–Kier alpha value is -1.56. The van der Waals surface area contributed by atoms with Crippen LogP contribution in [0, 0.1) is 5.92 Å². The van der Waals surface area contributed by atoms with Gasteiger partial charge in [0.2, 0.25) is 0 Å². The van der Waals surface area contributed by atoms with Crippen molar-refractivity contribution in [2.24, 2.45) is 5.92 Å². The maximum Gasteiger partial charge on any atom is 0.320 e. The summed E-state index contributed by atoms with van der Waals surface area (Å²) in [6.07, 6.45) is 5.96. The molecule has 0 N–H and O–H groups in total. The van der Waals surface area contributed by atoms with Crippen LogP contribution in [0.5, 0.6) is 0 Å². The van der Waals surface area contributed by atoms with Crippen molar-refractivity contribution in [1.29, 1.82) is 0 Å². The molecule has 2 aliphatic rings. The summed E-state index contributed by atoms with van der Waals surface area (Å²) >= 11 is 0. The molecular weight excluding hydrogens is 256 g/mol. The molecule has 0 aliphatic carbocycles. The Morgan fingerprint density at radius 2 is 2.15 bits per heavy atom. The lowest BCUT2D eigenvalue weighted by atomic mass is 10.1. The summed E-state index contributed by atoms with van der Waals surface area (Å²) in [5.74, 6) is 0.321. The van der Waals surface area contributed by atoms with Crippen molar-refractivity contribution in [3.8, 4) is 0 Å². The van der Waals surface area contributed by atoms with Crippen LogP contribution in [0.3, 0.4) is 0 Å². The standard InChI is InChI=1S/C14H22N4O2/c1-20-10-12-7-17(14(19)16-4-2-3-5-16)9-13-6-15-11-18(13)8-12/h6,11-12H,2-5,7-10H2,1H3/t12-/m0/s1. The smallest absolute Gasteiger partial charge is 0.320 e. The normalized spacial score (nSPS) is 22.8. The number of fused-ring (bicyclic) bond motifs is 1. The summed E-state index contributed by atoms with van der Waals surface area (Å²) in [6, 6.07) is 0.165. The van der Waals surface area contributed by atoms with E-state index >= 15 is 0 Å². The van der Waals surface area contributed by atoms with Gasteiger partial charge in [-0.15, -0.1) is 0 Å². The Bertz CT molecular complexity index is 467. The molecule has 0 unspecified atom stereocenters. The van der Waals surface area contributed by atoms with Crippen LogP contribution in [-0.4, -0.2) is 58.7 Å². The van der Waals surface area contributed by atoms with Gasteiger partial charge in [-0.05, 0) is 12.8 Å². The molecule has 1 saturated heterocycles. The molecular formula is C14H22N4O2. The van der Waals surface area contributed by atoms with Crippen molar-refractivity contribution in [2.75, 3.05) is 33.4 Å². The zero-order valence-electron chi connectivity index (χ0n) is 12.0. The van der Waals surface area contributed by atoms with Crippen molar-refractivity contribution in [1.82, 2.24) is 19.4 Å². The van der Waals surface area contributed by atoms with E-state index in [0.717, 1.165) is 44.7 Å². The highest BCUT2D eigenvalue weighted by molar-refractivity contribution is 5.74. The predicted octanol–water partition coefficient (Wildman–Crippen LogP) is 1.18. The maximum absolute atomic E-state index is 12.6. The molecule has 0 aromatic carbocycles.